The van der Waals surface area contributed by atoms with Crippen molar-refractivity contribution in [2.24, 2.45) is 0 Å². The number of halogens is 2. The molecule has 1 aromatic heterocycles. The van der Waals surface area contributed by atoms with Crippen LogP contribution < -0.4 is 5.32 Å². The molecule has 27 heavy (non-hydrogen) atoms. The van der Waals surface area contributed by atoms with E-state index < -0.39 is 21.6 Å². The monoisotopic (exact) mass is 405 g/mol. The summed E-state index contributed by atoms with van der Waals surface area (Å²) in [6.45, 7) is 0. The van der Waals surface area contributed by atoms with E-state index in [9.17, 15) is 17.6 Å². The third-order valence-electron chi connectivity index (χ3n) is 4.20. The van der Waals surface area contributed by atoms with E-state index >= 15 is 0 Å². The molecule has 0 atom stereocenters. The molecule has 138 valence electrons. The van der Waals surface area contributed by atoms with Gasteiger partial charge in [-0.25, -0.2) is 17.5 Å². The minimum Gasteiger partial charge on any atom is -0.306 e. The minimum atomic E-state index is -3.30. The molecule has 0 fully saturated rings. The Morgan fingerprint density at radius 3 is 2.41 bits per heavy atom. The minimum absolute atomic E-state index is 0.194. The molecule has 1 aliphatic rings. The van der Waals surface area contributed by atoms with Crippen molar-refractivity contribution in [3.63, 3.8) is 0 Å². The molecule has 3 aromatic rings. The maximum absolute atomic E-state index is 13.2. The zero-order valence-corrected chi connectivity index (χ0v) is 15.4. The first kappa shape index (κ1) is 17.7. The highest BCUT2D eigenvalue weighted by atomic mass is 35.5. The molecule has 9 heteroatoms. The van der Waals surface area contributed by atoms with E-state index in [1.165, 1.54) is 28.9 Å². The summed E-state index contributed by atoms with van der Waals surface area (Å²) in [5, 5.41) is 7.56. The maximum atomic E-state index is 13.2. The van der Waals surface area contributed by atoms with E-state index in [1.54, 1.807) is 24.3 Å². The van der Waals surface area contributed by atoms with Crippen molar-refractivity contribution in [3.8, 4) is 5.69 Å². The predicted molar refractivity (Wildman–Crippen MR) is 99.3 cm³/mol. The van der Waals surface area contributed by atoms with Gasteiger partial charge in [-0.15, -0.1) is 0 Å². The van der Waals surface area contributed by atoms with Gasteiger partial charge < -0.3 is 5.32 Å². The summed E-state index contributed by atoms with van der Waals surface area (Å²) in [5.41, 5.74) is 1.70. The Hall–Kier alpha value is -2.71. The van der Waals surface area contributed by atoms with Crippen LogP contribution in [0.5, 0.6) is 0 Å². The SMILES string of the molecule is O=C(Nc1c2c(nn1-c1ccc(F)cc1)CS(=O)(=O)C2)c1ccc(Cl)cc1. The molecular weight excluding hydrogens is 393 g/mol. The van der Waals surface area contributed by atoms with Crippen molar-refractivity contribution < 1.29 is 17.6 Å². The quantitative estimate of drug-likeness (QED) is 0.724. The van der Waals surface area contributed by atoms with Crippen molar-refractivity contribution in [1.29, 1.82) is 0 Å². The van der Waals surface area contributed by atoms with E-state index in [0.717, 1.165) is 0 Å². The number of aromatic nitrogens is 2. The number of anilines is 1. The number of hydrogen-bond donors (Lipinski definition) is 1. The van der Waals surface area contributed by atoms with Crippen LogP contribution in [0.25, 0.3) is 5.69 Å². The lowest BCUT2D eigenvalue weighted by Gasteiger charge is -2.11. The molecule has 0 bridgehead atoms. The molecule has 1 amide bonds. The van der Waals surface area contributed by atoms with Crippen LogP contribution in [0.3, 0.4) is 0 Å². The average Bonchev–Trinajstić information content (AvgIpc) is 3.09. The number of nitrogens with zero attached hydrogens (tertiary/aromatic N) is 2. The summed E-state index contributed by atoms with van der Waals surface area (Å²) in [4.78, 5) is 12.6. The number of benzene rings is 2. The van der Waals surface area contributed by atoms with Crippen LogP contribution in [-0.2, 0) is 21.3 Å². The van der Waals surface area contributed by atoms with Crippen LogP contribution in [0.15, 0.2) is 48.5 Å². The number of fused-ring (bicyclic) bond motifs is 1. The number of amides is 1. The van der Waals surface area contributed by atoms with Crippen molar-refractivity contribution in [1.82, 2.24) is 9.78 Å². The van der Waals surface area contributed by atoms with Gasteiger partial charge in [0, 0.05) is 16.1 Å². The van der Waals surface area contributed by atoms with E-state index in [-0.39, 0.29) is 17.3 Å². The third-order valence-corrected chi connectivity index (χ3v) is 5.89. The second kappa shape index (κ2) is 6.47. The molecule has 0 aliphatic carbocycles. The zero-order valence-electron chi connectivity index (χ0n) is 13.8. The molecule has 1 N–H and O–H groups in total. The lowest BCUT2D eigenvalue weighted by molar-refractivity contribution is 0.102. The summed E-state index contributed by atoms with van der Waals surface area (Å²) in [6.07, 6.45) is 0. The van der Waals surface area contributed by atoms with Crippen LogP contribution in [-0.4, -0.2) is 24.1 Å². The first-order chi connectivity index (χ1) is 12.8. The highest BCUT2D eigenvalue weighted by Crippen LogP contribution is 2.33. The fourth-order valence-electron chi connectivity index (χ4n) is 2.92. The average molecular weight is 406 g/mol. The molecule has 0 spiro atoms. The molecule has 4 rings (SSSR count). The summed E-state index contributed by atoms with van der Waals surface area (Å²) in [6, 6.07) is 11.8. The van der Waals surface area contributed by atoms with Gasteiger partial charge in [-0.2, -0.15) is 5.10 Å². The molecule has 0 saturated carbocycles. The van der Waals surface area contributed by atoms with Gasteiger partial charge in [0.2, 0.25) is 0 Å². The van der Waals surface area contributed by atoms with Crippen LogP contribution in [0, 0.1) is 5.82 Å². The second-order valence-corrected chi connectivity index (χ2v) is 8.66. The number of rotatable bonds is 3. The van der Waals surface area contributed by atoms with E-state index in [4.69, 9.17) is 11.6 Å². The molecule has 0 unspecified atom stereocenters. The van der Waals surface area contributed by atoms with E-state index in [1.807, 2.05) is 0 Å². The molecule has 0 radical (unpaired) electrons. The summed E-state index contributed by atoms with van der Waals surface area (Å²) < 4.78 is 38.6. The molecule has 2 aromatic carbocycles. The fraction of sp³-hybridized carbons (Fsp3) is 0.111. The van der Waals surface area contributed by atoms with Gasteiger partial charge in [0.15, 0.2) is 9.84 Å². The third kappa shape index (κ3) is 3.45. The smallest absolute Gasteiger partial charge is 0.256 e. The largest absolute Gasteiger partial charge is 0.306 e. The number of carbonyl (C=O) groups excluding carboxylic acids is 1. The van der Waals surface area contributed by atoms with Gasteiger partial charge in [0.05, 0.1) is 22.9 Å². The Kier molecular flexibility index (Phi) is 4.24. The zero-order chi connectivity index (χ0) is 19.2. The van der Waals surface area contributed by atoms with Gasteiger partial charge in [0.1, 0.15) is 11.6 Å². The molecule has 6 nitrogen and oxygen atoms in total. The highest BCUT2D eigenvalue weighted by Gasteiger charge is 2.33. The van der Waals surface area contributed by atoms with Crippen molar-refractivity contribution in [3.05, 3.63) is 76.2 Å². The van der Waals surface area contributed by atoms with Crippen LogP contribution in [0.2, 0.25) is 5.02 Å². The maximum Gasteiger partial charge on any atom is 0.256 e. The highest BCUT2D eigenvalue weighted by molar-refractivity contribution is 7.90. The Bertz CT molecular complexity index is 1140. The molecular formula is C18H13ClFN3O3S. The van der Waals surface area contributed by atoms with Gasteiger partial charge in [-0.3, -0.25) is 4.79 Å². The standard InChI is InChI=1S/C18H13ClFN3O3S/c19-12-3-1-11(2-4-12)18(24)21-17-15-9-27(25,26)10-16(15)22-23(17)14-7-5-13(20)6-8-14/h1-8H,9-10H2,(H,21,24). The number of sulfone groups is 1. The fourth-order valence-corrected chi connectivity index (χ4v) is 4.54. The van der Waals surface area contributed by atoms with Crippen molar-refractivity contribution >= 4 is 33.2 Å². The van der Waals surface area contributed by atoms with Crippen LogP contribution in [0.4, 0.5) is 10.2 Å². The van der Waals surface area contributed by atoms with Crippen LogP contribution in [0.1, 0.15) is 21.6 Å². The summed E-state index contributed by atoms with van der Waals surface area (Å²) in [7, 11) is -3.30. The van der Waals surface area contributed by atoms with Gasteiger partial charge in [-0.1, -0.05) is 11.6 Å². The predicted octanol–water partition coefficient (Wildman–Crippen LogP) is 3.35. The number of hydrogen-bond acceptors (Lipinski definition) is 4. The number of nitrogens with one attached hydrogen (secondary N) is 1. The summed E-state index contributed by atoms with van der Waals surface area (Å²) >= 11 is 5.84. The first-order valence-electron chi connectivity index (χ1n) is 7.96. The van der Waals surface area contributed by atoms with E-state index in [0.29, 0.717) is 27.5 Å². The summed E-state index contributed by atoms with van der Waals surface area (Å²) in [5.74, 6) is -0.979. The van der Waals surface area contributed by atoms with Crippen molar-refractivity contribution in [2.45, 2.75) is 11.5 Å². The molecule has 0 saturated heterocycles. The lowest BCUT2D eigenvalue weighted by atomic mass is 10.2. The van der Waals surface area contributed by atoms with E-state index in [2.05, 4.69) is 10.4 Å². The number of carbonyl (C=O) groups is 1. The van der Waals surface area contributed by atoms with Gasteiger partial charge in [-0.05, 0) is 48.5 Å². The van der Waals surface area contributed by atoms with Gasteiger partial charge in [0.25, 0.3) is 5.91 Å². The molecule has 2 heterocycles. The Morgan fingerprint density at radius 1 is 1.07 bits per heavy atom. The molecule has 1 aliphatic heterocycles. The van der Waals surface area contributed by atoms with Gasteiger partial charge >= 0.3 is 0 Å². The van der Waals surface area contributed by atoms with Crippen molar-refractivity contribution in [2.75, 3.05) is 5.32 Å². The second-order valence-electron chi connectivity index (χ2n) is 6.16. The van der Waals surface area contributed by atoms with Crippen LogP contribution >= 0.6 is 11.6 Å². The Balaban J connectivity index is 1.77. The Labute approximate surface area is 159 Å². The topological polar surface area (TPSA) is 81.1 Å². The lowest BCUT2D eigenvalue weighted by Crippen LogP contribution is -2.17. The first-order valence-corrected chi connectivity index (χ1v) is 10.2. The normalized spacial score (nSPS) is 14.7. The Morgan fingerprint density at radius 2 is 1.74 bits per heavy atom.